The highest BCUT2D eigenvalue weighted by Gasteiger charge is 2.14. The van der Waals surface area contributed by atoms with Gasteiger partial charge in [-0.3, -0.25) is 14.9 Å². The van der Waals surface area contributed by atoms with Gasteiger partial charge in [-0.2, -0.15) is 0 Å². The summed E-state index contributed by atoms with van der Waals surface area (Å²) in [6.07, 6.45) is 4.03. The van der Waals surface area contributed by atoms with Crippen LogP contribution in [0.3, 0.4) is 0 Å². The van der Waals surface area contributed by atoms with E-state index in [4.69, 9.17) is 0 Å². The molecule has 2 N–H and O–H groups in total. The molecule has 100 valence electrons. The highest BCUT2D eigenvalue weighted by Crippen LogP contribution is 2.12. The zero-order valence-electron chi connectivity index (χ0n) is 10.3. The van der Waals surface area contributed by atoms with Gasteiger partial charge in [-0.1, -0.05) is 0 Å². The molecular weight excluding hydrogens is 246 g/mol. The number of amides is 1. The van der Waals surface area contributed by atoms with Gasteiger partial charge in [-0.15, -0.1) is 0 Å². The van der Waals surface area contributed by atoms with Gasteiger partial charge in [0, 0.05) is 30.8 Å². The summed E-state index contributed by atoms with van der Waals surface area (Å²) in [5, 5.41) is 16.5. The van der Waals surface area contributed by atoms with Gasteiger partial charge >= 0.3 is 0 Å². The van der Waals surface area contributed by atoms with Crippen molar-refractivity contribution < 1.29 is 9.72 Å². The van der Waals surface area contributed by atoms with Crippen molar-refractivity contribution in [3.8, 4) is 0 Å². The lowest BCUT2D eigenvalue weighted by Gasteiger charge is -2.08. The van der Waals surface area contributed by atoms with Crippen molar-refractivity contribution >= 4 is 17.7 Å². The predicted molar refractivity (Wildman–Crippen MR) is 71.5 cm³/mol. The van der Waals surface area contributed by atoms with Gasteiger partial charge in [-0.05, 0) is 36.7 Å². The molecule has 0 unspecified atom stereocenters. The molecule has 0 aliphatic carbocycles. The molecule has 1 amide bonds. The molecule has 1 aromatic carbocycles. The van der Waals surface area contributed by atoms with Crippen molar-refractivity contribution in [1.82, 2.24) is 10.6 Å². The third-order valence-corrected chi connectivity index (χ3v) is 2.94. The molecule has 1 aromatic rings. The molecule has 6 nitrogen and oxygen atoms in total. The number of hydrogen-bond acceptors (Lipinski definition) is 4. The number of rotatable bonds is 4. The number of carbonyl (C=O) groups excluding carboxylic acids is 1. The number of nitro groups is 1. The highest BCUT2D eigenvalue weighted by molar-refractivity contribution is 5.91. The van der Waals surface area contributed by atoms with Crippen LogP contribution in [0.4, 0.5) is 5.69 Å². The van der Waals surface area contributed by atoms with E-state index in [0.717, 1.165) is 25.1 Å². The number of nitrogens with zero attached hydrogens (tertiary/aromatic N) is 1. The molecule has 6 heteroatoms. The van der Waals surface area contributed by atoms with Crippen LogP contribution < -0.4 is 10.6 Å². The zero-order valence-corrected chi connectivity index (χ0v) is 10.3. The minimum atomic E-state index is -0.451. The fourth-order valence-corrected chi connectivity index (χ4v) is 1.91. The van der Waals surface area contributed by atoms with E-state index >= 15 is 0 Å². The molecule has 0 bridgehead atoms. The Bertz CT molecular complexity index is 490. The fourth-order valence-electron chi connectivity index (χ4n) is 1.91. The van der Waals surface area contributed by atoms with E-state index < -0.39 is 4.92 Å². The first-order chi connectivity index (χ1) is 9.15. The topological polar surface area (TPSA) is 84.3 Å². The molecule has 2 rings (SSSR count). The Hall–Kier alpha value is -2.21. The van der Waals surface area contributed by atoms with Crippen molar-refractivity contribution in [2.24, 2.45) is 0 Å². The van der Waals surface area contributed by atoms with Crippen LogP contribution in [0, 0.1) is 10.1 Å². The summed E-state index contributed by atoms with van der Waals surface area (Å²) in [7, 11) is 0. The van der Waals surface area contributed by atoms with Gasteiger partial charge in [-0.25, -0.2) is 0 Å². The zero-order chi connectivity index (χ0) is 13.7. The maximum absolute atomic E-state index is 11.6. The van der Waals surface area contributed by atoms with Crippen LogP contribution in [0.15, 0.2) is 30.3 Å². The quantitative estimate of drug-likeness (QED) is 0.482. The van der Waals surface area contributed by atoms with Crippen molar-refractivity contribution in [3.63, 3.8) is 0 Å². The normalized spacial score (nSPS) is 18.6. The number of nitro benzene ring substituents is 1. The molecule has 1 aliphatic rings. The highest BCUT2D eigenvalue weighted by atomic mass is 16.6. The van der Waals surface area contributed by atoms with Crippen LogP contribution in [0.5, 0.6) is 0 Å². The Morgan fingerprint density at radius 3 is 2.74 bits per heavy atom. The second kappa shape index (κ2) is 6.10. The Kier molecular flexibility index (Phi) is 4.25. The van der Waals surface area contributed by atoms with Gasteiger partial charge in [0.15, 0.2) is 0 Å². The SMILES string of the molecule is O=C(C=Cc1ccc([N+](=O)[O-])cc1)N[C@H]1CCNC1. The third-order valence-electron chi connectivity index (χ3n) is 2.94. The molecule has 0 saturated carbocycles. The number of benzene rings is 1. The maximum atomic E-state index is 11.6. The van der Waals surface area contributed by atoms with Crippen LogP contribution in [-0.2, 0) is 4.79 Å². The molecule has 0 spiro atoms. The van der Waals surface area contributed by atoms with Crippen LogP contribution in [0.25, 0.3) is 6.08 Å². The lowest BCUT2D eigenvalue weighted by atomic mass is 10.2. The Labute approximate surface area is 110 Å². The summed E-state index contributed by atoms with van der Waals surface area (Å²) in [6.45, 7) is 1.73. The molecule has 1 heterocycles. The summed E-state index contributed by atoms with van der Waals surface area (Å²) >= 11 is 0. The number of non-ortho nitro benzene ring substituents is 1. The Morgan fingerprint density at radius 2 is 2.16 bits per heavy atom. The summed E-state index contributed by atoms with van der Waals surface area (Å²) in [6, 6.07) is 6.24. The minimum absolute atomic E-state index is 0.0404. The van der Waals surface area contributed by atoms with E-state index in [2.05, 4.69) is 10.6 Å². The standard InChI is InChI=1S/C13H15N3O3/c17-13(15-11-7-8-14-9-11)6-3-10-1-4-12(5-2-10)16(18)19/h1-6,11,14H,7-9H2,(H,15,17)/t11-/m0/s1. The Balaban J connectivity index is 1.90. The van der Waals surface area contributed by atoms with E-state index in [1.54, 1.807) is 18.2 Å². The lowest BCUT2D eigenvalue weighted by molar-refractivity contribution is -0.384. The average molecular weight is 261 g/mol. The Morgan fingerprint density at radius 1 is 1.42 bits per heavy atom. The van der Waals surface area contributed by atoms with E-state index in [0.29, 0.717) is 0 Å². The molecule has 1 atom stereocenters. The maximum Gasteiger partial charge on any atom is 0.269 e. The molecule has 1 aliphatic heterocycles. The number of hydrogen-bond donors (Lipinski definition) is 2. The number of nitrogens with one attached hydrogen (secondary N) is 2. The van der Waals surface area contributed by atoms with Crippen molar-refractivity contribution in [2.75, 3.05) is 13.1 Å². The fraction of sp³-hybridized carbons (Fsp3) is 0.308. The van der Waals surface area contributed by atoms with Crippen LogP contribution in [-0.4, -0.2) is 30.0 Å². The van der Waals surface area contributed by atoms with E-state index in [-0.39, 0.29) is 17.6 Å². The summed E-state index contributed by atoms with van der Waals surface area (Å²) in [5.74, 6) is -0.146. The minimum Gasteiger partial charge on any atom is -0.348 e. The molecule has 0 aromatic heterocycles. The van der Waals surface area contributed by atoms with Crippen LogP contribution in [0.1, 0.15) is 12.0 Å². The second-order valence-corrected chi connectivity index (χ2v) is 4.38. The van der Waals surface area contributed by atoms with Crippen molar-refractivity contribution in [3.05, 3.63) is 46.0 Å². The smallest absolute Gasteiger partial charge is 0.269 e. The summed E-state index contributed by atoms with van der Waals surface area (Å²) in [5.41, 5.74) is 0.795. The monoisotopic (exact) mass is 261 g/mol. The van der Waals surface area contributed by atoms with E-state index in [9.17, 15) is 14.9 Å². The first-order valence-corrected chi connectivity index (χ1v) is 6.09. The first-order valence-electron chi connectivity index (χ1n) is 6.09. The average Bonchev–Trinajstić information content (AvgIpc) is 2.89. The largest absolute Gasteiger partial charge is 0.348 e. The van der Waals surface area contributed by atoms with Crippen LogP contribution in [0.2, 0.25) is 0 Å². The summed E-state index contributed by atoms with van der Waals surface area (Å²) < 4.78 is 0. The molecule has 1 saturated heterocycles. The van der Waals surface area contributed by atoms with E-state index in [1.165, 1.54) is 18.2 Å². The molecule has 1 fully saturated rings. The van der Waals surface area contributed by atoms with Gasteiger partial charge in [0.1, 0.15) is 0 Å². The first kappa shape index (κ1) is 13.2. The van der Waals surface area contributed by atoms with Crippen LogP contribution >= 0.6 is 0 Å². The molecule has 19 heavy (non-hydrogen) atoms. The lowest BCUT2D eigenvalue weighted by Crippen LogP contribution is -2.34. The predicted octanol–water partition coefficient (Wildman–Crippen LogP) is 1.09. The summed E-state index contributed by atoms with van der Waals surface area (Å²) in [4.78, 5) is 21.7. The number of carbonyl (C=O) groups is 1. The van der Waals surface area contributed by atoms with Gasteiger partial charge < -0.3 is 10.6 Å². The van der Waals surface area contributed by atoms with Crippen molar-refractivity contribution in [1.29, 1.82) is 0 Å². The molecular formula is C13H15N3O3. The van der Waals surface area contributed by atoms with Crippen molar-refractivity contribution in [2.45, 2.75) is 12.5 Å². The van der Waals surface area contributed by atoms with Gasteiger partial charge in [0.25, 0.3) is 5.69 Å². The second-order valence-electron chi connectivity index (χ2n) is 4.38. The third kappa shape index (κ3) is 3.89. The van der Waals surface area contributed by atoms with Gasteiger partial charge in [0.2, 0.25) is 5.91 Å². The van der Waals surface area contributed by atoms with Gasteiger partial charge in [0.05, 0.1) is 4.92 Å². The van der Waals surface area contributed by atoms with E-state index in [1.807, 2.05) is 0 Å². The molecule has 0 radical (unpaired) electrons.